The standard InChI is InChI=1S/C26H37NO4S/c1-17-12-18(2)25(19(3)13-17)30-22-10-8-20(9-11-22)14-21-15-23(27-26(4,5)6)24(16-21)31-32(7,28)29/h8-13,21,23-24,27H,14-16H2,1-7H3/t21-,23-,24-/m1/s1. The van der Waals surface area contributed by atoms with E-state index in [4.69, 9.17) is 8.92 Å². The molecule has 3 rings (SSSR count). The van der Waals surface area contributed by atoms with Gasteiger partial charge in [0.15, 0.2) is 0 Å². The highest BCUT2D eigenvalue weighted by Crippen LogP contribution is 2.34. The van der Waals surface area contributed by atoms with Gasteiger partial charge in [0, 0.05) is 11.6 Å². The van der Waals surface area contributed by atoms with Crippen molar-refractivity contribution in [1.82, 2.24) is 5.32 Å². The van der Waals surface area contributed by atoms with E-state index in [1.54, 1.807) is 0 Å². The van der Waals surface area contributed by atoms with Crippen molar-refractivity contribution >= 4 is 10.1 Å². The maximum absolute atomic E-state index is 11.8. The summed E-state index contributed by atoms with van der Waals surface area (Å²) in [6.07, 6.45) is 3.29. The number of hydrogen-bond donors (Lipinski definition) is 1. The molecule has 0 unspecified atom stereocenters. The molecule has 0 radical (unpaired) electrons. The van der Waals surface area contributed by atoms with E-state index in [1.807, 2.05) is 12.1 Å². The Hall–Kier alpha value is -1.89. The van der Waals surface area contributed by atoms with E-state index in [0.717, 1.165) is 48.1 Å². The molecule has 176 valence electrons. The lowest BCUT2D eigenvalue weighted by molar-refractivity contribution is 0.165. The molecule has 1 aliphatic carbocycles. The number of aryl methyl sites for hydroxylation is 3. The van der Waals surface area contributed by atoms with Gasteiger partial charge < -0.3 is 10.1 Å². The first kappa shape index (κ1) is 24.7. The van der Waals surface area contributed by atoms with E-state index in [1.165, 1.54) is 11.1 Å². The van der Waals surface area contributed by atoms with Crippen molar-refractivity contribution in [1.29, 1.82) is 0 Å². The van der Waals surface area contributed by atoms with Gasteiger partial charge in [-0.05, 0) is 95.5 Å². The fourth-order valence-electron chi connectivity index (χ4n) is 4.78. The SMILES string of the molecule is Cc1cc(C)c(Oc2ccc(C[C@@H]3C[C@@H](NC(C)(C)C)[C@H](OS(C)(=O)=O)C3)cc2)c(C)c1. The topological polar surface area (TPSA) is 64.6 Å². The molecule has 3 atom stereocenters. The fraction of sp³-hybridized carbons (Fsp3) is 0.538. The first-order valence-electron chi connectivity index (χ1n) is 11.3. The summed E-state index contributed by atoms with van der Waals surface area (Å²) in [6.45, 7) is 12.5. The lowest BCUT2D eigenvalue weighted by atomic mass is 9.97. The van der Waals surface area contributed by atoms with Gasteiger partial charge in [0.2, 0.25) is 0 Å². The molecule has 2 aromatic rings. The summed E-state index contributed by atoms with van der Waals surface area (Å²) in [4.78, 5) is 0. The zero-order valence-electron chi connectivity index (χ0n) is 20.4. The Morgan fingerprint density at radius 3 is 2.12 bits per heavy atom. The number of ether oxygens (including phenoxy) is 1. The van der Waals surface area contributed by atoms with Gasteiger partial charge in [0.05, 0.1) is 12.4 Å². The molecule has 1 fully saturated rings. The molecule has 5 nitrogen and oxygen atoms in total. The third kappa shape index (κ3) is 7.06. The highest BCUT2D eigenvalue weighted by Gasteiger charge is 2.38. The van der Waals surface area contributed by atoms with Crippen LogP contribution in [0.5, 0.6) is 11.5 Å². The van der Waals surface area contributed by atoms with E-state index < -0.39 is 10.1 Å². The lowest BCUT2D eigenvalue weighted by Crippen LogP contribution is -2.48. The van der Waals surface area contributed by atoms with Gasteiger partial charge in [0.25, 0.3) is 10.1 Å². The zero-order chi connectivity index (χ0) is 23.7. The second kappa shape index (κ2) is 9.54. The molecule has 0 heterocycles. The largest absolute Gasteiger partial charge is 0.457 e. The quantitative estimate of drug-likeness (QED) is 0.557. The molecule has 0 amide bonds. The van der Waals surface area contributed by atoms with Gasteiger partial charge in [-0.2, -0.15) is 8.42 Å². The van der Waals surface area contributed by atoms with Gasteiger partial charge in [-0.1, -0.05) is 29.8 Å². The number of nitrogens with one attached hydrogen (secondary N) is 1. The molecule has 1 N–H and O–H groups in total. The minimum atomic E-state index is -3.49. The predicted molar refractivity (Wildman–Crippen MR) is 130 cm³/mol. The van der Waals surface area contributed by atoms with Crippen LogP contribution < -0.4 is 10.1 Å². The van der Waals surface area contributed by atoms with Crippen molar-refractivity contribution < 1.29 is 17.3 Å². The summed E-state index contributed by atoms with van der Waals surface area (Å²) < 4.78 is 35.1. The Bertz CT molecular complexity index is 1020. The zero-order valence-corrected chi connectivity index (χ0v) is 21.2. The molecule has 1 saturated carbocycles. The van der Waals surface area contributed by atoms with E-state index >= 15 is 0 Å². The van der Waals surface area contributed by atoms with Gasteiger partial charge in [0.1, 0.15) is 11.5 Å². The van der Waals surface area contributed by atoms with Crippen molar-refractivity contribution in [2.24, 2.45) is 5.92 Å². The molecule has 0 bridgehead atoms. The van der Waals surface area contributed by atoms with Crippen molar-refractivity contribution in [3.05, 3.63) is 58.7 Å². The Morgan fingerprint density at radius 1 is 1.00 bits per heavy atom. The summed E-state index contributed by atoms with van der Waals surface area (Å²) in [6, 6.07) is 12.5. The first-order valence-corrected chi connectivity index (χ1v) is 13.1. The number of benzene rings is 2. The van der Waals surface area contributed by atoms with Gasteiger partial charge in [-0.15, -0.1) is 0 Å². The average Bonchev–Trinajstić information content (AvgIpc) is 2.96. The molecule has 1 aliphatic rings. The van der Waals surface area contributed by atoms with E-state index in [9.17, 15) is 8.42 Å². The van der Waals surface area contributed by atoms with Crippen LogP contribution in [-0.4, -0.2) is 32.4 Å². The van der Waals surface area contributed by atoms with Gasteiger partial charge in [-0.25, -0.2) is 0 Å². The van der Waals surface area contributed by atoms with Crippen LogP contribution >= 0.6 is 0 Å². The summed E-state index contributed by atoms with van der Waals surface area (Å²) >= 11 is 0. The molecular weight excluding hydrogens is 422 g/mol. The highest BCUT2D eigenvalue weighted by atomic mass is 32.2. The lowest BCUT2D eigenvalue weighted by Gasteiger charge is -2.29. The van der Waals surface area contributed by atoms with Crippen molar-refractivity contribution in [2.75, 3.05) is 6.26 Å². The summed E-state index contributed by atoms with van der Waals surface area (Å²) in [7, 11) is -3.49. The van der Waals surface area contributed by atoms with Gasteiger partial charge in [-0.3, -0.25) is 4.18 Å². The summed E-state index contributed by atoms with van der Waals surface area (Å²) in [5.74, 6) is 2.09. The molecule has 32 heavy (non-hydrogen) atoms. The number of hydrogen-bond acceptors (Lipinski definition) is 5. The molecule has 6 heteroatoms. The molecule has 0 aliphatic heterocycles. The number of rotatable bonds is 7. The highest BCUT2D eigenvalue weighted by molar-refractivity contribution is 7.86. The maximum atomic E-state index is 11.8. The molecule has 0 aromatic heterocycles. The molecule has 0 spiro atoms. The van der Waals surface area contributed by atoms with Crippen LogP contribution in [0.1, 0.15) is 55.9 Å². The monoisotopic (exact) mass is 459 g/mol. The van der Waals surface area contributed by atoms with Crippen LogP contribution in [-0.2, 0) is 20.7 Å². The average molecular weight is 460 g/mol. The van der Waals surface area contributed by atoms with Crippen LogP contribution in [0.2, 0.25) is 0 Å². The Morgan fingerprint density at radius 2 is 1.59 bits per heavy atom. The second-order valence-corrected chi connectivity index (χ2v) is 12.0. The third-order valence-corrected chi connectivity index (χ3v) is 6.39. The summed E-state index contributed by atoms with van der Waals surface area (Å²) in [5, 5.41) is 3.55. The Kier molecular flexibility index (Phi) is 7.38. The third-order valence-electron chi connectivity index (χ3n) is 5.79. The minimum absolute atomic E-state index is 0.0184. The van der Waals surface area contributed by atoms with Crippen LogP contribution in [0.3, 0.4) is 0 Å². The molecular formula is C26H37NO4S. The van der Waals surface area contributed by atoms with E-state index in [0.29, 0.717) is 5.92 Å². The van der Waals surface area contributed by atoms with Crippen LogP contribution in [0.15, 0.2) is 36.4 Å². The maximum Gasteiger partial charge on any atom is 0.264 e. The van der Waals surface area contributed by atoms with Crippen LogP contribution in [0, 0.1) is 26.7 Å². The molecule has 2 aromatic carbocycles. The minimum Gasteiger partial charge on any atom is -0.457 e. The smallest absolute Gasteiger partial charge is 0.264 e. The van der Waals surface area contributed by atoms with Crippen molar-refractivity contribution in [3.8, 4) is 11.5 Å². The van der Waals surface area contributed by atoms with Crippen LogP contribution in [0.4, 0.5) is 0 Å². The molecule has 0 saturated heterocycles. The summed E-state index contributed by atoms with van der Waals surface area (Å²) in [5.41, 5.74) is 4.61. The first-order chi connectivity index (χ1) is 14.8. The Labute approximate surface area is 193 Å². The van der Waals surface area contributed by atoms with E-state index in [-0.39, 0.29) is 17.7 Å². The second-order valence-electron chi connectivity index (χ2n) is 10.4. The predicted octanol–water partition coefficient (Wildman–Crippen LogP) is 5.46. The fourth-order valence-corrected chi connectivity index (χ4v) is 5.44. The van der Waals surface area contributed by atoms with Crippen LogP contribution in [0.25, 0.3) is 0 Å². The van der Waals surface area contributed by atoms with Gasteiger partial charge >= 0.3 is 0 Å². The van der Waals surface area contributed by atoms with Crippen molar-refractivity contribution in [2.45, 2.75) is 78.5 Å². The normalized spacial score (nSPS) is 21.7. The van der Waals surface area contributed by atoms with E-state index in [2.05, 4.69) is 71.1 Å². The van der Waals surface area contributed by atoms with Crippen molar-refractivity contribution in [3.63, 3.8) is 0 Å². The Balaban J connectivity index is 1.67.